The maximum absolute atomic E-state index is 12.0. The lowest BCUT2D eigenvalue weighted by Gasteiger charge is -2.32. The van der Waals surface area contributed by atoms with E-state index in [-0.39, 0.29) is 17.2 Å². The molecule has 1 saturated heterocycles. The normalized spacial score (nSPS) is 16.9. The van der Waals surface area contributed by atoms with E-state index in [1.807, 2.05) is 20.8 Å². The molecule has 1 aromatic heterocycles. The van der Waals surface area contributed by atoms with Gasteiger partial charge in [0.2, 0.25) is 0 Å². The average molecular weight is 332 g/mol. The van der Waals surface area contributed by atoms with Gasteiger partial charge in [0, 0.05) is 19.0 Å². The van der Waals surface area contributed by atoms with Crippen molar-refractivity contribution in [3.63, 3.8) is 0 Å². The highest BCUT2D eigenvalue weighted by molar-refractivity contribution is 6.41. The Morgan fingerprint density at radius 1 is 1.33 bits per heavy atom. The lowest BCUT2D eigenvalue weighted by Crippen LogP contribution is -2.41. The summed E-state index contributed by atoms with van der Waals surface area (Å²) in [5.41, 5.74) is -0.471. The molecule has 0 unspecified atom stereocenters. The standard InChI is InChI=1S/C14H19Cl2N3O2/c1-14(2,3)21-13(20)19-6-4-9(5-7-19)12-17-8-10(15)11(16)18-12/h8-9H,4-7H2,1-3H3. The molecule has 1 amide bonds. The summed E-state index contributed by atoms with van der Waals surface area (Å²) < 4.78 is 5.37. The molecule has 0 spiro atoms. The van der Waals surface area contributed by atoms with Crippen LogP contribution in [0.1, 0.15) is 45.4 Å². The number of likely N-dealkylation sites (tertiary alicyclic amines) is 1. The van der Waals surface area contributed by atoms with Gasteiger partial charge < -0.3 is 9.64 Å². The molecule has 21 heavy (non-hydrogen) atoms. The van der Waals surface area contributed by atoms with Crippen LogP contribution in [-0.2, 0) is 4.74 Å². The zero-order valence-electron chi connectivity index (χ0n) is 12.4. The Kier molecular flexibility index (Phi) is 4.94. The number of halogens is 2. The van der Waals surface area contributed by atoms with E-state index in [1.165, 1.54) is 6.20 Å². The van der Waals surface area contributed by atoms with Gasteiger partial charge in [-0.3, -0.25) is 0 Å². The number of hydrogen-bond donors (Lipinski definition) is 0. The minimum absolute atomic E-state index is 0.193. The second-order valence-electron chi connectivity index (χ2n) is 6.11. The largest absolute Gasteiger partial charge is 0.444 e. The van der Waals surface area contributed by atoms with E-state index in [4.69, 9.17) is 27.9 Å². The summed E-state index contributed by atoms with van der Waals surface area (Å²) in [5, 5.41) is 0.628. The summed E-state index contributed by atoms with van der Waals surface area (Å²) >= 11 is 11.7. The van der Waals surface area contributed by atoms with Crippen molar-refractivity contribution >= 4 is 29.3 Å². The van der Waals surface area contributed by atoms with E-state index in [1.54, 1.807) is 4.90 Å². The van der Waals surface area contributed by atoms with Gasteiger partial charge in [-0.25, -0.2) is 14.8 Å². The van der Waals surface area contributed by atoms with E-state index in [0.717, 1.165) is 12.8 Å². The van der Waals surface area contributed by atoms with Crippen molar-refractivity contribution in [2.45, 2.75) is 45.1 Å². The second-order valence-corrected chi connectivity index (χ2v) is 6.87. The first kappa shape index (κ1) is 16.3. The van der Waals surface area contributed by atoms with Crippen molar-refractivity contribution in [3.05, 3.63) is 22.2 Å². The molecular weight excluding hydrogens is 313 g/mol. The molecule has 1 fully saturated rings. The van der Waals surface area contributed by atoms with Crippen LogP contribution < -0.4 is 0 Å². The van der Waals surface area contributed by atoms with Crippen LogP contribution in [0.5, 0.6) is 0 Å². The SMILES string of the molecule is CC(C)(C)OC(=O)N1CCC(c2ncc(Cl)c(Cl)n2)CC1. The molecule has 1 aliphatic heterocycles. The molecule has 0 saturated carbocycles. The number of rotatable bonds is 1. The fourth-order valence-electron chi connectivity index (χ4n) is 2.20. The van der Waals surface area contributed by atoms with Gasteiger partial charge in [-0.15, -0.1) is 0 Å². The third-order valence-corrected chi connectivity index (χ3v) is 3.89. The van der Waals surface area contributed by atoms with Gasteiger partial charge in [-0.1, -0.05) is 23.2 Å². The first-order valence-electron chi connectivity index (χ1n) is 6.92. The van der Waals surface area contributed by atoms with Crippen LogP contribution in [0.2, 0.25) is 10.2 Å². The number of amides is 1. The molecule has 116 valence electrons. The summed E-state index contributed by atoms with van der Waals surface area (Å²) in [6.07, 6.45) is 2.83. The van der Waals surface area contributed by atoms with E-state index < -0.39 is 5.60 Å². The molecule has 0 aliphatic carbocycles. The minimum Gasteiger partial charge on any atom is -0.444 e. The Labute approximate surface area is 134 Å². The van der Waals surface area contributed by atoms with Gasteiger partial charge in [0.05, 0.1) is 11.2 Å². The van der Waals surface area contributed by atoms with Crippen LogP contribution >= 0.6 is 23.2 Å². The molecular formula is C14H19Cl2N3O2. The topological polar surface area (TPSA) is 55.3 Å². The van der Waals surface area contributed by atoms with E-state index >= 15 is 0 Å². The first-order chi connectivity index (χ1) is 9.76. The molecule has 0 atom stereocenters. The lowest BCUT2D eigenvalue weighted by atomic mass is 9.96. The van der Waals surface area contributed by atoms with Crippen LogP contribution in [0.15, 0.2) is 6.20 Å². The Hall–Kier alpha value is -1.07. The number of hydrogen-bond acceptors (Lipinski definition) is 4. The zero-order valence-corrected chi connectivity index (χ0v) is 13.9. The number of carbonyl (C=O) groups excluding carboxylic acids is 1. The van der Waals surface area contributed by atoms with Gasteiger partial charge >= 0.3 is 6.09 Å². The van der Waals surface area contributed by atoms with Gasteiger partial charge in [-0.2, -0.15) is 0 Å². The quantitative estimate of drug-likeness (QED) is 0.732. The number of carbonyl (C=O) groups is 1. The van der Waals surface area contributed by atoms with E-state index in [2.05, 4.69) is 9.97 Å². The first-order valence-corrected chi connectivity index (χ1v) is 7.68. The maximum Gasteiger partial charge on any atom is 0.410 e. The molecule has 0 radical (unpaired) electrons. The van der Waals surface area contributed by atoms with Gasteiger partial charge in [-0.05, 0) is 33.6 Å². The maximum atomic E-state index is 12.0. The second kappa shape index (κ2) is 6.36. The minimum atomic E-state index is -0.471. The molecule has 1 aliphatic rings. The Morgan fingerprint density at radius 2 is 1.95 bits per heavy atom. The van der Waals surface area contributed by atoms with Crippen molar-refractivity contribution in [1.82, 2.24) is 14.9 Å². The fraction of sp³-hybridized carbons (Fsp3) is 0.643. The van der Waals surface area contributed by atoms with Crippen LogP contribution in [-0.4, -0.2) is 39.7 Å². The Morgan fingerprint density at radius 3 is 2.48 bits per heavy atom. The monoisotopic (exact) mass is 331 g/mol. The molecule has 0 N–H and O–H groups in total. The molecule has 0 aromatic carbocycles. The van der Waals surface area contributed by atoms with Crippen LogP contribution in [0.3, 0.4) is 0 Å². The summed E-state index contributed by atoms with van der Waals surface area (Å²) in [6, 6.07) is 0. The number of piperidine rings is 1. The van der Waals surface area contributed by atoms with E-state index in [9.17, 15) is 4.79 Å². The lowest BCUT2D eigenvalue weighted by molar-refractivity contribution is 0.0203. The van der Waals surface area contributed by atoms with Crippen molar-refractivity contribution in [3.8, 4) is 0 Å². The molecule has 2 heterocycles. The fourth-order valence-corrected chi connectivity index (χ4v) is 2.43. The van der Waals surface area contributed by atoms with Gasteiger partial charge in [0.1, 0.15) is 11.4 Å². The third kappa shape index (κ3) is 4.45. The summed E-state index contributed by atoms with van der Waals surface area (Å²) in [6.45, 7) is 6.84. The molecule has 0 bridgehead atoms. The van der Waals surface area contributed by atoms with Crippen LogP contribution in [0, 0.1) is 0 Å². The van der Waals surface area contributed by atoms with E-state index in [0.29, 0.717) is 23.9 Å². The average Bonchev–Trinajstić information content (AvgIpc) is 2.40. The van der Waals surface area contributed by atoms with Crippen molar-refractivity contribution < 1.29 is 9.53 Å². The highest BCUT2D eigenvalue weighted by Crippen LogP contribution is 2.28. The number of ether oxygens (including phenoxy) is 1. The van der Waals surface area contributed by atoms with Gasteiger partial charge in [0.25, 0.3) is 0 Å². The van der Waals surface area contributed by atoms with Crippen molar-refractivity contribution in [1.29, 1.82) is 0 Å². The highest BCUT2D eigenvalue weighted by atomic mass is 35.5. The summed E-state index contributed by atoms with van der Waals surface area (Å²) in [4.78, 5) is 22.2. The third-order valence-electron chi connectivity index (χ3n) is 3.23. The van der Waals surface area contributed by atoms with Gasteiger partial charge in [0.15, 0.2) is 5.15 Å². The van der Waals surface area contributed by atoms with Crippen molar-refractivity contribution in [2.24, 2.45) is 0 Å². The highest BCUT2D eigenvalue weighted by Gasteiger charge is 2.28. The van der Waals surface area contributed by atoms with Crippen LogP contribution in [0.25, 0.3) is 0 Å². The smallest absolute Gasteiger partial charge is 0.410 e. The van der Waals surface area contributed by atoms with Crippen molar-refractivity contribution in [2.75, 3.05) is 13.1 Å². The Balaban J connectivity index is 1.94. The Bertz CT molecular complexity index is 523. The van der Waals surface area contributed by atoms with Crippen LogP contribution in [0.4, 0.5) is 4.79 Å². The number of aromatic nitrogens is 2. The molecule has 7 heteroatoms. The zero-order chi connectivity index (χ0) is 15.6. The molecule has 2 rings (SSSR count). The molecule has 5 nitrogen and oxygen atoms in total. The summed E-state index contributed by atoms with van der Waals surface area (Å²) in [7, 11) is 0. The summed E-state index contributed by atoms with van der Waals surface area (Å²) in [5.74, 6) is 0.881. The predicted molar refractivity (Wildman–Crippen MR) is 81.8 cm³/mol. The molecule has 1 aromatic rings. The predicted octanol–water partition coefficient (Wildman–Crippen LogP) is 3.90. The number of nitrogens with zero attached hydrogens (tertiary/aromatic N) is 3.